The quantitative estimate of drug-likeness (QED) is 0.398. The molecule has 1 aliphatic rings. The molecule has 30 heavy (non-hydrogen) atoms. The van der Waals surface area contributed by atoms with Gasteiger partial charge in [0.1, 0.15) is 17.4 Å². The fraction of sp³-hybridized carbons (Fsp3) is 0.294. The molecule has 1 aliphatic heterocycles. The van der Waals surface area contributed by atoms with Crippen molar-refractivity contribution >= 4 is 27.7 Å². The molecule has 0 aliphatic carbocycles. The van der Waals surface area contributed by atoms with Crippen LogP contribution in [0.5, 0.6) is 5.75 Å². The highest BCUT2D eigenvalue weighted by molar-refractivity contribution is 7.88. The number of hydrogen-bond donors (Lipinski definition) is 1. The van der Waals surface area contributed by atoms with E-state index in [0.29, 0.717) is 0 Å². The summed E-state index contributed by atoms with van der Waals surface area (Å²) in [6.45, 7) is 2.99. The third-order valence-electron chi connectivity index (χ3n) is 3.87. The van der Waals surface area contributed by atoms with Crippen LogP contribution in [0.15, 0.2) is 41.0 Å². The van der Waals surface area contributed by atoms with E-state index in [2.05, 4.69) is 4.18 Å². The number of esters is 1. The second-order valence-electron chi connectivity index (χ2n) is 5.79. The highest BCUT2D eigenvalue weighted by Crippen LogP contribution is 2.42. The maximum absolute atomic E-state index is 12.5. The van der Waals surface area contributed by atoms with Gasteiger partial charge < -0.3 is 19.4 Å². The highest BCUT2D eigenvalue weighted by atomic mass is 35.5. The van der Waals surface area contributed by atoms with Crippen molar-refractivity contribution in [3.05, 3.63) is 51.6 Å². The summed E-state index contributed by atoms with van der Waals surface area (Å²) in [7, 11) is -5.95. The van der Waals surface area contributed by atoms with Gasteiger partial charge in [0.15, 0.2) is 5.75 Å². The summed E-state index contributed by atoms with van der Waals surface area (Å²) < 4.78 is 74.2. The van der Waals surface area contributed by atoms with Crippen LogP contribution >= 0.6 is 11.6 Å². The molecule has 0 saturated heterocycles. The van der Waals surface area contributed by atoms with Gasteiger partial charge in [0.05, 0.1) is 23.1 Å². The molecule has 1 aromatic rings. The summed E-state index contributed by atoms with van der Waals surface area (Å²) in [6.07, 6.45) is 0. The molecule has 0 radical (unpaired) electrons. The number of halogens is 4. The molecule has 1 unspecified atom stereocenters. The van der Waals surface area contributed by atoms with E-state index in [1.807, 2.05) is 6.07 Å². The van der Waals surface area contributed by atoms with Crippen molar-refractivity contribution in [1.82, 2.24) is 0 Å². The molecule has 0 fully saturated rings. The zero-order valence-electron chi connectivity index (χ0n) is 15.4. The molecule has 2 N–H and O–H groups in total. The number of allylic oxidation sites excluding steroid dienone is 2. The lowest BCUT2D eigenvalue weighted by molar-refractivity contribution is -0.139. The summed E-state index contributed by atoms with van der Waals surface area (Å²) in [4.78, 5) is 12.4. The molecule has 2 rings (SSSR count). The van der Waals surface area contributed by atoms with Crippen molar-refractivity contribution in [3.8, 4) is 11.8 Å². The first-order valence-electron chi connectivity index (χ1n) is 8.09. The Morgan fingerprint density at radius 3 is 2.53 bits per heavy atom. The lowest BCUT2D eigenvalue weighted by Gasteiger charge is -2.27. The Labute approximate surface area is 174 Å². The molecule has 1 heterocycles. The van der Waals surface area contributed by atoms with Gasteiger partial charge in [-0.1, -0.05) is 17.7 Å². The minimum atomic E-state index is -5.95. The maximum Gasteiger partial charge on any atom is 0.534 e. The number of rotatable bonds is 5. The third kappa shape index (κ3) is 4.47. The van der Waals surface area contributed by atoms with E-state index in [0.717, 1.165) is 18.2 Å². The van der Waals surface area contributed by atoms with E-state index in [4.69, 9.17) is 26.8 Å². The monoisotopic (exact) mass is 466 g/mol. The van der Waals surface area contributed by atoms with Gasteiger partial charge in [0, 0.05) is 0 Å². The summed E-state index contributed by atoms with van der Waals surface area (Å²) in [5, 5.41) is 8.96. The van der Waals surface area contributed by atoms with E-state index < -0.39 is 38.3 Å². The van der Waals surface area contributed by atoms with E-state index in [1.54, 1.807) is 6.92 Å². The Bertz CT molecular complexity index is 1090. The Morgan fingerprint density at radius 1 is 1.40 bits per heavy atom. The van der Waals surface area contributed by atoms with Gasteiger partial charge in [0.2, 0.25) is 5.88 Å². The van der Waals surface area contributed by atoms with E-state index in [-0.39, 0.29) is 35.0 Å². The molecule has 0 saturated carbocycles. The molecular formula is C17H14ClF3N2O6S. The molecule has 8 nitrogen and oxygen atoms in total. The zero-order valence-corrected chi connectivity index (χ0v) is 17.0. The lowest BCUT2D eigenvalue weighted by Crippen LogP contribution is -2.28. The largest absolute Gasteiger partial charge is 0.534 e. The van der Waals surface area contributed by atoms with Crippen LogP contribution in [-0.2, 0) is 24.4 Å². The van der Waals surface area contributed by atoms with Crippen LogP contribution < -0.4 is 9.92 Å². The Kier molecular flexibility index (Phi) is 6.58. The Hall–Kier alpha value is -2.91. The molecule has 0 aromatic heterocycles. The standard InChI is InChI=1S/C17H14ClF3N2O6S/c1-3-27-16(24)13-8(2)28-15(23)10(7-22)14(13)9-4-5-12(11(18)6-9)29-30(25,26)17(19,20)21/h4-6,14H,3,23H2,1-2H3. The Balaban J connectivity index is 2.57. The SMILES string of the molecule is CCOC(=O)C1=C(C)OC(N)=C(C#N)C1c1ccc(OS(=O)(=O)C(F)(F)F)c(Cl)c1. The zero-order chi connectivity index (χ0) is 22.9. The van der Waals surface area contributed by atoms with Gasteiger partial charge >= 0.3 is 21.6 Å². The fourth-order valence-electron chi connectivity index (χ4n) is 2.62. The van der Waals surface area contributed by atoms with Crippen LogP contribution in [0, 0.1) is 11.3 Å². The minimum Gasteiger partial charge on any atom is -0.463 e. The van der Waals surface area contributed by atoms with Crippen molar-refractivity contribution in [3.63, 3.8) is 0 Å². The number of nitriles is 1. The van der Waals surface area contributed by atoms with Crippen molar-refractivity contribution in [2.45, 2.75) is 25.3 Å². The van der Waals surface area contributed by atoms with Gasteiger partial charge in [-0.05, 0) is 31.5 Å². The molecule has 13 heteroatoms. The highest BCUT2D eigenvalue weighted by Gasteiger charge is 2.49. The first kappa shape index (κ1) is 23.4. The van der Waals surface area contributed by atoms with Crippen LogP contribution in [-0.4, -0.2) is 26.5 Å². The lowest BCUT2D eigenvalue weighted by atomic mass is 9.83. The van der Waals surface area contributed by atoms with Crippen LogP contribution in [0.4, 0.5) is 13.2 Å². The molecule has 0 bridgehead atoms. The molecule has 162 valence electrons. The van der Waals surface area contributed by atoms with E-state index >= 15 is 0 Å². The van der Waals surface area contributed by atoms with Gasteiger partial charge in [-0.25, -0.2) is 4.79 Å². The molecule has 1 atom stereocenters. The summed E-state index contributed by atoms with van der Waals surface area (Å²) in [6, 6.07) is 4.86. The topological polar surface area (TPSA) is 129 Å². The van der Waals surface area contributed by atoms with Gasteiger partial charge in [-0.15, -0.1) is 0 Å². The van der Waals surface area contributed by atoms with Crippen LogP contribution in [0.2, 0.25) is 5.02 Å². The van der Waals surface area contributed by atoms with Crippen LogP contribution in [0.3, 0.4) is 0 Å². The van der Waals surface area contributed by atoms with Crippen molar-refractivity contribution in [1.29, 1.82) is 5.26 Å². The molecular weight excluding hydrogens is 453 g/mol. The molecule has 1 aromatic carbocycles. The first-order chi connectivity index (χ1) is 13.8. The predicted octanol–water partition coefficient (Wildman–Crippen LogP) is 3.21. The normalized spacial score (nSPS) is 17.3. The number of nitrogens with two attached hydrogens (primary N) is 1. The average Bonchev–Trinajstić information content (AvgIpc) is 2.61. The second kappa shape index (κ2) is 8.45. The minimum absolute atomic E-state index is 0.0201. The number of carbonyl (C=O) groups excluding carboxylic acids is 1. The summed E-state index contributed by atoms with van der Waals surface area (Å²) in [5.41, 5.74) is -0.0285. The van der Waals surface area contributed by atoms with Crippen molar-refractivity contribution < 1.29 is 40.0 Å². The van der Waals surface area contributed by atoms with Crippen molar-refractivity contribution in [2.24, 2.45) is 5.73 Å². The number of ether oxygens (including phenoxy) is 2. The maximum atomic E-state index is 12.5. The summed E-state index contributed by atoms with van der Waals surface area (Å²) >= 11 is 5.91. The summed E-state index contributed by atoms with van der Waals surface area (Å²) in [5.74, 6) is -2.96. The number of nitrogens with zero attached hydrogens (tertiary/aromatic N) is 1. The number of benzene rings is 1. The van der Waals surface area contributed by atoms with Gasteiger partial charge in [-0.3, -0.25) is 0 Å². The average molecular weight is 467 g/mol. The van der Waals surface area contributed by atoms with Crippen LogP contribution in [0.25, 0.3) is 0 Å². The number of alkyl halides is 3. The van der Waals surface area contributed by atoms with E-state index in [1.165, 1.54) is 6.92 Å². The van der Waals surface area contributed by atoms with Gasteiger partial charge in [0.25, 0.3) is 0 Å². The fourth-order valence-corrected chi connectivity index (χ4v) is 3.37. The second-order valence-corrected chi connectivity index (χ2v) is 7.73. The smallest absolute Gasteiger partial charge is 0.463 e. The molecule has 0 amide bonds. The Morgan fingerprint density at radius 2 is 2.03 bits per heavy atom. The van der Waals surface area contributed by atoms with Crippen molar-refractivity contribution in [2.75, 3.05) is 6.61 Å². The predicted molar refractivity (Wildman–Crippen MR) is 97.0 cm³/mol. The number of hydrogen-bond acceptors (Lipinski definition) is 8. The molecule has 0 spiro atoms. The van der Waals surface area contributed by atoms with Gasteiger partial charge in [-0.2, -0.15) is 26.9 Å². The van der Waals surface area contributed by atoms with Crippen LogP contribution in [0.1, 0.15) is 25.3 Å². The van der Waals surface area contributed by atoms with E-state index in [9.17, 15) is 31.6 Å². The third-order valence-corrected chi connectivity index (χ3v) is 5.13. The first-order valence-corrected chi connectivity index (χ1v) is 9.88. The number of carbonyl (C=O) groups is 1.